The monoisotopic (exact) mass is 281 g/mol. The third-order valence-corrected chi connectivity index (χ3v) is 4.18. The zero-order valence-corrected chi connectivity index (χ0v) is 12.7. The molecule has 0 spiro atoms. The van der Waals surface area contributed by atoms with Gasteiger partial charge in [0.2, 0.25) is 0 Å². The van der Waals surface area contributed by atoms with Crippen LogP contribution in [0.2, 0.25) is 5.02 Å². The molecule has 4 heteroatoms. The Labute approximate surface area is 121 Å². The summed E-state index contributed by atoms with van der Waals surface area (Å²) in [6, 6.07) is 6.65. The largest absolute Gasteiger partial charge is 0.367 e. The van der Waals surface area contributed by atoms with Gasteiger partial charge in [0, 0.05) is 36.4 Å². The van der Waals surface area contributed by atoms with Gasteiger partial charge in [-0.05, 0) is 50.2 Å². The number of nitrogens with zero attached hydrogens (tertiary/aromatic N) is 2. The molecule has 1 aromatic carbocycles. The molecule has 1 heterocycles. The maximum absolute atomic E-state index is 6.08. The van der Waals surface area contributed by atoms with Crippen LogP contribution in [0.3, 0.4) is 0 Å². The Bertz CT molecular complexity index is 422. The van der Waals surface area contributed by atoms with Crippen molar-refractivity contribution in [1.82, 2.24) is 4.90 Å². The first-order valence-corrected chi connectivity index (χ1v) is 7.47. The first-order valence-electron chi connectivity index (χ1n) is 7.09. The van der Waals surface area contributed by atoms with Crippen LogP contribution in [0.1, 0.15) is 25.3 Å². The number of nitrogens with two attached hydrogens (primary N) is 1. The van der Waals surface area contributed by atoms with E-state index in [-0.39, 0.29) is 0 Å². The molecule has 1 aliphatic rings. The molecule has 1 fully saturated rings. The second-order valence-corrected chi connectivity index (χ2v) is 5.78. The van der Waals surface area contributed by atoms with Crippen LogP contribution < -0.4 is 10.6 Å². The summed E-state index contributed by atoms with van der Waals surface area (Å²) in [5.74, 6) is 0. The van der Waals surface area contributed by atoms with Crippen molar-refractivity contribution >= 4 is 17.3 Å². The molecular weight excluding hydrogens is 258 g/mol. The third-order valence-electron chi connectivity index (χ3n) is 3.94. The van der Waals surface area contributed by atoms with E-state index in [1.807, 2.05) is 12.1 Å². The van der Waals surface area contributed by atoms with Gasteiger partial charge in [-0.25, -0.2) is 0 Å². The van der Waals surface area contributed by atoms with Crippen LogP contribution in [0.5, 0.6) is 0 Å². The molecule has 0 bridgehead atoms. The zero-order valence-electron chi connectivity index (χ0n) is 11.9. The quantitative estimate of drug-likeness (QED) is 0.925. The summed E-state index contributed by atoms with van der Waals surface area (Å²) in [5.41, 5.74) is 8.29. The van der Waals surface area contributed by atoms with Crippen molar-refractivity contribution in [2.75, 3.05) is 31.6 Å². The van der Waals surface area contributed by atoms with E-state index in [9.17, 15) is 0 Å². The number of anilines is 1. The SMILES string of the molecule is CCC1CN(C)CCCN1c1ccc(Cl)cc1CN. The molecule has 0 amide bonds. The molecule has 0 radical (unpaired) electrons. The second-order valence-electron chi connectivity index (χ2n) is 5.35. The van der Waals surface area contributed by atoms with E-state index in [1.165, 1.54) is 18.7 Å². The normalized spacial score (nSPS) is 21.5. The molecule has 1 aliphatic heterocycles. The summed E-state index contributed by atoms with van der Waals surface area (Å²) >= 11 is 6.08. The van der Waals surface area contributed by atoms with Gasteiger partial charge >= 0.3 is 0 Å². The first-order chi connectivity index (χ1) is 9.15. The maximum Gasteiger partial charge on any atom is 0.0415 e. The van der Waals surface area contributed by atoms with Crippen molar-refractivity contribution in [2.24, 2.45) is 5.73 Å². The van der Waals surface area contributed by atoms with E-state index >= 15 is 0 Å². The van der Waals surface area contributed by atoms with Crippen molar-refractivity contribution in [3.8, 4) is 0 Å². The Kier molecular flexibility index (Phi) is 5.08. The van der Waals surface area contributed by atoms with E-state index in [4.69, 9.17) is 17.3 Å². The summed E-state index contributed by atoms with van der Waals surface area (Å²) in [7, 11) is 2.21. The summed E-state index contributed by atoms with van der Waals surface area (Å²) in [6.07, 6.45) is 2.34. The molecule has 2 rings (SSSR count). The molecule has 1 saturated heterocycles. The highest BCUT2D eigenvalue weighted by Crippen LogP contribution is 2.28. The lowest BCUT2D eigenvalue weighted by Crippen LogP contribution is -2.40. The summed E-state index contributed by atoms with van der Waals surface area (Å²) in [6.45, 7) is 6.17. The zero-order chi connectivity index (χ0) is 13.8. The van der Waals surface area contributed by atoms with E-state index in [1.54, 1.807) is 0 Å². The predicted molar refractivity (Wildman–Crippen MR) is 82.9 cm³/mol. The topological polar surface area (TPSA) is 32.5 Å². The molecule has 1 unspecified atom stereocenters. The summed E-state index contributed by atoms with van der Waals surface area (Å²) in [5, 5.41) is 0.768. The molecular formula is C15H24ClN3. The van der Waals surface area contributed by atoms with E-state index < -0.39 is 0 Å². The van der Waals surface area contributed by atoms with Gasteiger partial charge in [0.25, 0.3) is 0 Å². The van der Waals surface area contributed by atoms with Crippen molar-refractivity contribution in [3.63, 3.8) is 0 Å². The van der Waals surface area contributed by atoms with Crippen LogP contribution in [0, 0.1) is 0 Å². The van der Waals surface area contributed by atoms with Crippen molar-refractivity contribution in [3.05, 3.63) is 28.8 Å². The minimum Gasteiger partial charge on any atom is -0.367 e. The second kappa shape index (κ2) is 6.60. The van der Waals surface area contributed by atoms with Gasteiger partial charge in [-0.3, -0.25) is 0 Å². The summed E-state index contributed by atoms with van der Waals surface area (Å²) in [4.78, 5) is 4.94. The van der Waals surface area contributed by atoms with Gasteiger partial charge in [0.15, 0.2) is 0 Å². The van der Waals surface area contributed by atoms with Gasteiger partial charge in [0.05, 0.1) is 0 Å². The molecule has 0 aliphatic carbocycles. The third kappa shape index (κ3) is 3.41. The highest BCUT2D eigenvalue weighted by Gasteiger charge is 2.23. The fourth-order valence-electron chi connectivity index (χ4n) is 2.91. The van der Waals surface area contributed by atoms with Crippen molar-refractivity contribution in [2.45, 2.75) is 32.4 Å². The average molecular weight is 282 g/mol. The van der Waals surface area contributed by atoms with Gasteiger partial charge in [0.1, 0.15) is 0 Å². The number of benzene rings is 1. The molecule has 0 saturated carbocycles. The lowest BCUT2D eigenvalue weighted by atomic mass is 10.1. The number of hydrogen-bond donors (Lipinski definition) is 1. The number of hydrogen-bond acceptors (Lipinski definition) is 3. The number of rotatable bonds is 3. The van der Waals surface area contributed by atoms with Crippen molar-refractivity contribution < 1.29 is 0 Å². The molecule has 2 N–H and O–H groups in total. The van der Waals surface area contributed by atoms with E-state index in [2.05, 4.69) is 29.8 Å². The molecule has 0 aromatic heterocycles. The highest BCUT2D eigenvalue weighted by atomic mass is 35.5. The fourth-order valence-corrected chi connectivity index (χ4v) is 3.10. The Morgan fingerprint density at radius 3 is 2.84 bits per heavy atom. The average Bonchev–Trinajstić information content (AvgIpc) is 2.60. The smallest absolute Gasteiger partial charge is 0.0415 e. The Balaban J connectivity index is 2.32. The Morgan fingerprint density at radius 2 is 2.16 bits per heavy atom. The van der Waals surface area contributed by atoms with E-state index in [0.717, 1.165) is 30.1 Å². The molecule has 19 heavy (non-hydrogen) atoms. The number of halogens is 1. The van der Waals surface area contributed by atoms with Crippen LogP contribution >= 0.6 is 11.6 Å². The lowest BCUT2D eigenvalue weighted by molar-refractivity contribution is 0.328. The minimum absolute atomic E-state index is 0.540. The minimum atomic E-state index is 0.540. The first kappa shape index (κ1) is 14.6. The van der Waals surface area contributed by atoms with Crippen molar-refractivity contribution in [1.29, 1.82) is 0 Å². The Morgan fingerprint density at radius 1 is 1.37 bits per heavy atom. The van der Waals surface area contributed by atoms with Crippen LogP contribution in [0.25, 0.3) is 0 Å². The molecule has 1 atom stereocenters. The molecule has 1 aromatic rings. The predicted octanol–water partition coefficient (Wildman–Crippen LogP) is 2.72. The van der Waals surface area contributed by atoms with Gasteiger partial charge in [-0.2, -0.15) is 0 Å². The number of likely N-dealkylation sites (N-methyl/N-ethyl adjacent to an activating group) is 1. The molecule has 106 valence electrons. The van der Waals surface area contributed by atoms with Crippen LogP contribution in [-0.4, -0.2) is 37.6 Å². The fraction of sp³-hybridized carbons (Fsp3) is 0.600. The van der Waals surface area contributed by atoms with Gasteiger partial charge in [-0.1, -0.05) is 18.5 Å². The maximum atomic E-state index is 6.08. The van der Waals surface area contributed by atoms with Crippen LogP contribution in [0.4, 0.5) is 5.69 Å². The molecule has 3 nitrogen and oxygen atoms in total. The lowest BCUT2D eigenvalue weighted by Gasteiger charge is -2.33. The van der Waals surface area contributed by atoms with Crippen LogP contribution in [-0.2, 0) is 6.54 Å². The van der Waals surface area contributed by atoms with Gasteiger partial charge < -0.3 is 15.5 Å². The van der Waals surface area contributed by atoms with Gasteiger partial charge in [-0.15, -0.1) is 0 Å². The standard InChI is InChI=1S/C15H24ClN3/c1-3-14-11-18(2)7-4-8-19(14)15-6-5-13(16)9-12(15)10-17/h5-6,9,14H,3-4,7-8,10-11,17H2,1-2H3. The summed E-state index contributed by atoms with van der Waals surface area (Å²) < 4.78 is 0. The highest BCUT2D eigenvalue weighted by molar-refractivity contribution is 6.30. The Hall–Kier alpha value is -0.770. The van der Waals surface area contributed by atoms with Crippen LogP contribution in [0.15, 0.2) is 18.2 Å². The van der Waals surface area contributed by atoms with E-state index in [0.29, 0.717) is 12.6 Å².